The normalized spacial score (nSPS) is 15.2. The van der Waals surface area contributed by atoms with Crippen molar-refractivity contribution in [3.05, 3.63) is 30.2 Å². The monoisotopic (exact) mass is 219 g/mol. The van der Waals surface area contributed by atoms with Crippen molar-refractivity contribution in [3.63, 3.8) is 0 Å². The summed E-state index contributed by atoms with van der Waals surface area (Å²) in [6, 6.07) is 7.65. The van der Waals surface area contributed by atoms with E-state index in [2.05, 4.69) is 11.9 Å². The molecule has 16 heavy (non-hydrogen) atoms. The smallest absolute Gasteiger partial charge is 0.198 e. The third-order valence-corrected chi connectivity index (χ3v) is 3.02. The lowest BCUT2D eigenvalue weighted by atomic mass is 9.99. The van der Waals surface area contributed by atoms with E-state index < -0.39 is 0 Å². The summed E-state index contributed by atoms with van der Waals surface area (Å²) in [5, 5.41) is 9.90. The molecule has 0 bridgehead atoms. The summed E-state index contributed by atoms with van der Waals surface area (Å²) in [6.07, 6.45) is 1.07. The maximum Gasteiger partial charge on any atom is 0.198 e. The molecule has 1 N–H and O–H groups in total. The number of hydrogen-bond acceptors (Lipinski definition) is 3. The first-order valence-electron chi connectivity index (χ1n) is 5.73. The number of rotatable bonds is 4. The number of fused-ring (bicyclic) bond motifs is 1. The van der Waals surface area contributed by atoms with E-state index in [0.29, 0.717) is 12.3 Å². The SMILES string of the molecule is CCC(C)C(O)Cc1nc2ccccc2o1. The van der Waals surface area contributed by atoms with Gasteiger partial charge < -0.3 is 9.52 Å². The molecule has 0 aliphatic rings. The second-order valence-corrected chi connectivity index (χ2v) is 4.23. The number of para-hydroxylation sites is 2. The summed E-state index contributed by atoms with van der Waals surface area (Å²) < 4.78 is 5.56. The third-order valence-electron chi connectivity index (χ3n) is 3.02. The van der Waals surface area contributed by atoms with E-state index in [-0.39, 0.29) is 12.0 Å². The molecule has 2 aromatic rings. The minimum Gasteiger partial charge on any atom is -0.441 e. The van der Waals surface area contributed by atoms with Crippen molar-refractivity contribution in [2.75, 3.05) is 0 Å². The molecule has 3 heteroatoms. The van der Waals surface area contributed by atoms with Gasteiger partial charge in [0.2, 0.25) is 0 Å². The minimum absolute atomic E-state index is 0.273. The number of benzene rings is 1. The molecule has 1 heterocycles. The lowest BCUT2D eigenvalue weighted by Crippen LogP contribution is -2.19. The van der Waals surface area contributed by atoms with Gasteiger partial charge in [0.1, 0.15) is 5.52 Å². The second kappa shape index (κ2) is 4.66. The Hall–Kier alpha value is -1.35. The van der Waals surface area contributed by atoms with Gasteiger partial charge >= 0.3 is 0 Å². The Balaban J connectivity index is 2.15. The number of hydrogen-bond donors (Lipinski definition) is 1. The Bertz CT molecular complexity index is 431. The third kappa shape index (κ3) is 2.25. The Labute approximate surface area is 95.1 Å². The highest BCUT2D eigenvalue weighted by molar-refractivity contribution is 5.72. The molecule has 0 saturated carbocycles. The van der Waals surface area contributed by atoms with E-state index in [0.717, 1.165) is 17.5 Å². The zero-order valence-corrected chi connectivity index (χ0v) is 9.68. The van der Waals surface area contributed by atoms with Gasteiger partial charge in [-0.3, -0.25) is 0 Å². The summed E-state index contributed by atoms with van der Waals surface area (Å²) >= 11 is 0. The standard InChI is InChI=1S/C13H17NO2/c1-3-9(2)11(15)8-13-14-10-6-4-5-7-12(10)16-13/h4-7,9,11,15H,3,8H2,1-2H3. The summed E-state index contributed by atoms with van der Waals surface area (Å²) in [5.41, 5.74) is 1.64. The summed E-state index contributed by atoms with van der Waals surface area (Å²) in [7, 11) is 0. The quantitative estimate of drug-likeness (QED) is 0.860. The molecule has 1 aromatic heterocycles. The molecular weight excluding hydrogens is 202 g/mol. The van der Waals surface area contributed by atoms with E-state index in [1.54, 1.807) is 0 Å². The van der Waals surface area contributed by atoms with Crippen molar-refractivity contribution >= 4 is 11.1 Å². The lowest BCUT2D eigenvalue weighted by Gasteiger charge is -2.14. The Morgan fingerprint density at radius 3 is 2.81 bits per heavy atom. The Kier molecular flexibility index (Phi) is 3.25. The fourth-order valence-electron chi connectivity index (χ4n) is 1.66. The van der Waals surface area contributed by atoms with E-state index in [4.69, 9.17) is 4.42 Å². The molecule has 0 amide bonds. The minimum atomic E-state index is -0.377. The Morgan fingerprint density at radius 2 is 2.12 bits per heavy atom. The van der Waals surface area contributed by atoms with Gasteiger partial charge in [0.15, 0.2) is 11.5 Å². The highest BCUT2D eigenvalue weighted by atomic mass is 16.4. The predicted octanol–water partition coefficient (Wildman–Crippen LogP) is 2.78. The number of aliphatic hydroxyl groups is 1. The fraction of sp³-hybridized carbons (Fsp3) is 0.462. The van der Waals surface area contributed by atoms with Crippen molar-refractivity contribution in [1.82, 2.24) is 4.98 Å². The van der Waals surface area contributed by atoms with Crippen LogP contribution in [0.4, 0.5) is 0 Å². The van der Waals surface area contributed by atoms with Crippen LogP contribution in [0.25, 0.3) is 11.1 Å². The average molecular weight is 219 g/mol. The van der Waals surface area contributed by atoms with Crippen molar-refractivity contribution in [2.45, 2.75) is 32.8 Å². The maximum absolute atomic E-state index is 9.90. The van der Waals surface area contributed by atoms with Crippen LogP contribution in [-0.2, 0) is 6.42 Å². The zero-order valence-electron chi connectivity index (χ0n) is 9.68. The van der Waals surface area contributed by atoms with Crippen LogP contribution < -0.4 is 0 Å². The largest absolute Gasteiger partial charge is 0.441 e. The molecule has 0 aliphatic carbocycles. The van der Waals surface area contributed by atoms with Gasteiger partial charge in [-0.1, -0.05) is 32.4 Å². The summed E-state index contributed by atoms with van der Waals surface area (Å²) in [6.45, 7) is 4.10. The first-order chi connectivity index (χ1) is 7.70. The van der Waals surface area contributed by atoms with Gasteiger partial charge in [0.25, 0.3) is 0 Å². The molecule has 0 radical (unpaired) electrons. The highest BCUT2D eigenvalue weighted by Gasteiger charge is 2.16. The van der Waals surface area contributed by atoms with Gasteiger partial charge in [0, 0.05) is 0 Å². The van der Waals surface area contributed by atoms with Gasteiger partial charge in [-0.2, -0.15) is 0 Å². The maximum atomic E-state index is 9.90. The fourth-order valence-corrected chi connectivity index (χ4v) is 1.66. The zero-order chi connectivity index (χ0) is 11.5. The molecule has 0 fully saturated rings. The van der Waals surface area contributed by atoms with Crippen LogP contribution in [0.5, 0.6) is 0 Å². The molecule has 2 atom stereocenters. The molecule has 0 spiro atoms. The second-order valence-electron chi connectivity index (χ2n) is 4.23. The highest BCUT2D eigenvalue weighted by Crippen LogP contribution is 2.18. The van der Waals surface area contributed by atoms with E-state index in [1.807, 2.05) is 31.2 Å². The lowest BCUT2D eigenvalue weighted by molar-refractivity contribution is 0.108. The van der Waals surface area contributed by atoms with Gasteiger partial charge in [0.05, 0.1) is 12.5 Å². The van der Waals surface area contributed by atoms with Gasteiger partial charge in [-0.25, -0.2) is 4.98 Å². The van der Waals surface area contributed by atoms with Crippen molar-refractivity contribution in [3.8, 4) is 0 Å². The van der Waals surface area contributed by atoms with Crippen LogP contribution in [-0.4, -0.2) is 16.2 Å². The first-order valence-corrected chi connectivity index (χ1v) is 5.73. The number of nitrogens with zero attached hydrogens (tertiary/aromatic N) is 1. The van der Waals surface area contributed by atoms with Crippen LogP contribution in [0.15, 0.2) is 28.7 Å². The molecule has 0 aliphatic heterocycles. The molecule has 1 aromatic carbocycles. The van der Waals surface area contributed by atoms with E-state index >= 15 is 0 Å². The van der Waals surface area contributed by atoms with E-state index in [9.17, 15) is 5.11 Å². The van der Waals surface area contributed by atoms with Crippen LogP contribution in [0.3, 0.4) is 0 Å². The molecule has 2 unspecified atom stereocenters. The number of oxazole rings is 1. The first kappa shape index (κ1) is 11.1. The molecule has 0 saturated heterocycles. The summed E-state index contributed by atoms with van der Waals surface area (Å²) in [4.78, 5) is 4.34. The Morgan fingerprint density at radius 1 is 1.38 bits per heavy atom. The van der Waals surface area contributed by atoms with Crippen LogP contribution >= 0.6 is 0 Å². The molecule has 2 rings (SSSR count). The van der Waals surface area contributed by atoms with Gasteiger partial charge in [-0.15, -0.1) is 0 Å². The van der Waals surface area contributed by atoms with Crippen LogP contribution in [0, 0.1) is 5.92 Å². The van der Waals surface area contributed by atoms with Gasteiger partial charge in [-0.05, 0) is 18.1 Å². The average Bonchev–Trinajstić information content (AvgIpc) is 2.69. The van der Waals surface area contributed by atoms with Crippen LogP contribution in [0.2, 0.25) is 0 Å². The van der Waals surface area contributed by atoms with Crippen LogP contribution in [0.1, 0.15) is 26.2 Å². The van der Waals surface area contributed by atoms with Crippen molar-refractivity contribution < 1.29 is 9.52 Å². The molecule has 86 valence electrons. The topological polar surface area (TPSA) is 46.3 Å². The predicted molar refractivity (Wildman–Crippen MR) is 63.2 cm³/mol. The summed E-state index contributed by atoms with van der Waals surface area (Å²) in [5.74, 6) is 0.893. The van der Waals surface area contributed by atoms with Crippen molar-refractivity contribution in [1.29, 1.82) is 0 Å². The molecule has 3 nitrogen and oxygen atoms in total. The van der Waals surface area contributed by atoms with Crippen molar-refractivity contribution in [2.24, 2.45) is 5.92 Å². The number of aliphatic hydroxyl groups excluding tert-OH is 1. The van der Waals surface area contributed by atoms with E-state index in [1.165, 1.54) is 0 Å². The number of aromatic nitrogens is 1. The molecular formula is C13H17NO2.